The third kappa shape index (κ3) is 3.29. The molecule has 0 aromatic carbocycles. The van der Waals surface area contributed by atoms with Crippen molar-refractivity contribution in [3.8, 4) is 0 Å². The predicted octanol–water partition coefficient (Wildman–Crippen LogP) is 3.14. The van der Waals surface area contributed by atoms with Gasteiger partial charge < -0.3 is 5.32 Å². The number of pyridine rings is 1. The second-order valence-corrected chi connectivity index (χ2v) is 5.69. The molecule has 2 unspecified atom stereocenters. The number of nitrogens with one attached hydrogen (secondary N) is 1. The number of aryl methyl sites for hydroxylation is 1. The van der Waals surface area contributed by atoms with E-state index in [-0.39, 0.29) is 0 Å². The summed E-state index contributed by atoms with van der Waals surface area (Å²) in [6.45, 7) is 7.88. The molecule has 1 aromatic heterocycles. The molecule has 1 aliphatic carbocycles. The molecule has 1 aromatic rings. The van der Waals surface area contributed by atoms with Crippen molar-refractivity contribution in [2.24, 2.45) is 5.92 Å². The van der Waals surface area contributed by atoms with Crippen molar-refractivity contribution in [2.45, 2.75) is 52.0 Å². The third-order valence-corrected chi connectivity index (χ3v) is 3.64. The van der Waals surface area contributed by atoms with Crippen molar-refractivity contribution in [1.29, 1.82) is 0 Å². The lowest BCUT2D eigenvalue weighted by Crippen LogP contribution is -2.28. The van der Waals surface area contributed by atoms with Gasteiger partial charge >= 0.3 is 0 Å². The first kappa shape index (κ1) is 12.6. The van der Waals surface area contributed by atoms with Gasteiger partial charge in [0.15, 0.2) is 0 Å². The molecular formula is C15H24N2. The van der Waals surface area contributed by atoms with Crippen LogP contribution in [0.1, 0.15) is 50.8 Å². The van der Waals surface area contributed by atoms with Gasteiger partial charge in [0, 0.05) is 23.9 Å². The van der Waals surface area contributed by atoms with Crippen LogP contribution < -0.4 is 5.32 Å². The largest absolute Gasteiger partial charge is 0.314 e. The van der Waals surface area contributed by atoms with E-state index in [9.17, 15) is 0 Å². The van der Waals surface area contributed by atoms with Gasteiger partial charge in [-0.05, 0) is 43.4 Å². The fourth-order valence-electron chi connectivity index (χ4n) is 2.73. The van der Waals surface area contributed by atoms with Crippen molar-refractivity contribution < 1.29 is 0 Å². The van der Waals surface area contributed by atoms with E-state index in [1.165, 1.54) is 30.5 Å². The van der Waals surface area contributed by atoms with Gasteiger partial charge in [0.1, 0.15) is 0 Å². The molecule has 0 amide bonds. The number of nitrogens with zero attached hydrogens (tertiary/aromatic N) is 1. The second kappa shape index (κ2) is 5.63. The number of rotatable bonds is 5. The van der Waals surface area contributed by atoms with Crippen LogP contribution in [0.2, 0.25) is 0 Å². The number of hydrogen-bond acceptors (Lipinski definition) is 2. The van der Waals surface area contributed by atoms with E-state index in [2.05, 4.69) is 43.2 Å². The zero-order valence-electron chi connectivity index (χ0n) is 11.2. The molecule has 1 aliphatic rings. The lowest BCUT2D eigenvalue weighted by Gasteiger charge is -2.18. The van der Waals surface area contributed by atoms with Gasteiger partial charge in [0.2, 0.25) is 0 Å². The summed E-state index contributed by atoms with van der Waals surface area (Å²) in [6.07, 6.45) is 5.72. The Kier molecular flexibility index (Phi) is 4.16. The van der Waals surface area contributed by atoms with Crippen molar-refractivity contribution in [3.05, 3.63) is 29.6 Å². The molecule has 0 radical (unpaired) electrons. The van der Waals surface area contributed by atoms with Crippen LogP contribution in [0, 0.1) is 5.92 Å². The lowest BCUT2D eigenvalue weighted by atomic mass is 9.93. The molecule has 0 fully saturated rings. The van der Waals surface area contributed by atoms with E-state index < -0.39 is 0 Å². The van der Waals surface area contributed by atoms with Crippen LogP contribution in [0.3, 0.4) is 0 Å². The molecule has 17 heavy (non-hydrogen) atoms. The smallest absolute Gasteiger partial charge is 0.0466 e. The zero-order valence-corrected chi connectivity index (χ0v) is 11.2. The van der Waals surface area contributed by atoms with Crippen molar-refractivity contribution in [1.82, 2.24) is 10.3 Å². The van der Waals surface area contributed by atoms with E-state index in [1.54, 1.807) is 0 Å². The summed E-state index contributed by atoms with van der Waals surface area (Å²) in [4.78, 5) is 4.57. The van der Waals surface area contributed by atoms with Gasteiger partial charge in [-0.2, -0.15) is 0 Å². The van der Waals surface area contributed by atoms with Crippen molar-refractivity contribution in [2.75, 3.05) is 6.54 Å². The summed E-state index contributed by atoms with van der Waals surface area (Å²) < 4.78 is 0. The SMILES string of the molecule is CC(CNC(C)C)CC1CCc2cccnc21. The van der Waals surface area contributed by atoms with E-state index in [0.29, 0.717) is 12.0 Å². The van der Waals surface area contributed by atoms with Crippen molar-refractivity contribution in [3.63, 3.8) is 0 Å². The Morgan fingerprint density at radius 3 is 3.00 bits per heavy atom. The van der Waals surface area contributed by atoms with Crippen LogP contribution in [0.25, 0.3) is 0 Å². The quantitative estimate of drug-likeness (QED) is 0.843. The Hall–Kier alpha value is -0.890. The van der Waals surface area contributed by atoms with E-state index in [4.69, 9.17) is 0 Å². The highest BCUT2D eigenvalue weighted by molar-refractivity contribution is 5.28. The highest BCUT2D eigenvalue weighted by Gasteiger charge is 2.24. The van der Waals surface area contributed by atoms with Crippen LogP contribution in [-0.2, 0) is 6.42 Å². The molecular weight excluding hydrogens is 208 g/mol. The minimum absolute atomic E-state index is 0.589. The first-order chi connectivity index (χ1) is 8.16. The van der Waals surface area contributed by atoms with E-state index >= 15 is 0 Å². The third-order valence-electron chi connectivity index (χ3n) is 3.64. The molecule has 0 bridgehead atoms. The minimum atomic E-state index is 0.589. The molecule has 0 spiro atoms. The molecule has 2 atom stereocenters. The summed E-state index contributed by atoms with van der Waals surface area (Å²) in [5.41, 5.74) is 2.84. The first-order valence-corrected chi connectivity index (χ1v) is 6.84. The van der Waals surface area contributed by atoms with E-state index in [0.717, 1.165) is 12.5 Å². The Morgan fingerprint density at radius 2 is 2.24 bits per heavy atom. The number of hydrogen-bond donors (Lipinski definition) is 1. The van der Waals surface area contributed by atoms with Gasteiger partial charge in [0.05, 0.1) is 0 Å². The van der Waals surface area contributed by atoms with Crippen LogP contribution in [0.15, 0.2) is 18.3 Å². The molecule has 0 saturated heterocycles. The maximum absolute atomic E-state index is 4.57. The number of fused-ring (bicyclic) bond motifs is 1. The Bertz CT molecular complexity index is 360. The first-order valence-electron chi connectivity index (χ1n) is 6.84. The normalized spacial score (nSPS) is 20.6. The topological polar surface area (TPSA) is 24.9 Å². The molecule has 0 aliphatic heterocycles. The van der Waals surface area contributed by atoms with Gasteiger partial charge in [-0.1, -0.05) is 26.8 Å². The maximum Gasteiger partial charge on any atom is 0.0466 e. The highest BCUT2D eigenvalue weighted by atomic mass is 14.9. The maximum atomic E-state index is 4.57. The summed E-state index contributed by atoms with van der Waals surface area (Å²) >= 11 is 0. The number of aromatic nitrogens is 1. The molecule has 1 N–H and O–H groups in total. The average molecular weight is 232 g/mol. The monoisotopic (exact) mass is 232 g/mol. The average Bonchev–Trinajstić information content (AvgIpc) is 2.70. The molecule has 2 nitrogen and oxygen atoms in total. The van der Waals surface area contributed by atoms with Gasteiger partial charge in [-0.15, -0.1) is 0 Å². The molecule has 0 saturated carbocycles. The second-order valence-electron chi connectivity index (χ2n) is 5.69. The predicted molar refractivity (Wildman–Crippen MR) is 72.2 cm³/mol. The van der Waals surface area contributed by atoms with E-state index in [1.807, 2.05) is 6.20 Å². The highest BCUT2D eigenvalue weighted by Crippen LogP contribution is 2.35. The van der Waals surface area contributed by atoms with Gasteiger partial charge in [0.25, 0.3) is 0 Å². The summed E-state index contributed by atoms with van der Waals surface area (Å²) in [7, 11) is 0. The summed E-state index contributed by atoms with van der Waals surface area (Å²) in [6, 6.07) is 4.89. The van der Waals surface area contributed by atoms with Crippen LogP contribution in [0.5, 0.6) is 0 Å². The Balaban J connectivity index is 1.88. The van der Waals surface area contributed by atoms with Gasteiger partial charge in [-0.25, -0.2) is 0 Å². The fraction of sp³-hybridized carbons (Fsp3) is 0.667. The van der Waals surface area contributed by atoms with Gasteiger partial charge in [-0.3, -0.25) is 4.98 Å². The summed E-state index contributed by atoms with van der Waals surface area (Å²) in [5.74, 6) is 1.42. The summed E-state index contributed by atoms with van der Waals surface area (Å²) in [5, 5.41) is 3.52. The lowest BCUT2D eigenvalue weighted by molar-refractivity contribution is 0.414. The van der Waals surface area contributed by atoms with Crippen LogP contribution in [-0.4, -0.2) is 17.6 Å². The van der Waals surface area contributed by atoms with Crippen LogP contribution in [0.4, 0.5) is 0 Å². The fourth-order valence-corrected chi connectivity index (χ4v) is 2.73. The standard InChI is InChI=1S/C15H24N2/c1-11(2)17-10-12(3)9-14-7-6-13-5-4-8-16-15(13)14/h4-5,8,11-12,14,17H,6-7,9-10H2,1-3H3. The molecule has 2 rings (SSSR count). The Morgan fingerprint density at radius 1 is 1.41 bits per heavy atom. The zero-order chi connectivity index (χ0) is 12.3. The minimum Gasteiger partial charge on any atom is -0.314 e. The van der Waals surface area contributed by atoms with Crippen molar-refractivity contribution >= 4 is 0 Å². The Labute approximate surface area is 105 Å². The molecule has 1 heterocycles. The van der Waals surface area contributed by atoms with Crippen LogP contribution >= 0.6 is 0 Å². The molecule has 2 heteroatoms. The molecule has 94 valence electrons.